The zero-order chi connectivity index (χ0) is 14.3. The van der Waals surface area contributed by atoms with Crippen LogP contribution in [0.1, 0.15) is 12.5 Å². The Labute approximate surface area is 148 Å². The average Bonchev–Trinajstić information content (AvgIpc) is 2.82. The summed E-state index contributed by atoms with van der Waals surface area (Å²) in [5, 5.41) is 0. The molecule has 0 atom stereocenters. The van der Waals surface area contributed by atoms with Gasteiger partial charge in [-0.2, -0.15) is 0 Å². The van der Waals surface area contributed by atoms with Gasteiger partial charge in [-0.3, -0.25) is 0 Å². The zero-order valence-corrected chi connectivity index (χ0v) is 15.5. The minimum atomic E-state index is 0. The highest BCUT2D eigenvalue weighted by molar-refractivity contribution is 9.10. The summed E-state index contributed by atoms with van der Waals surface area (Å²) in [4.78, 5) is 4.54. The average molecular weight is 460 g/mol. The fraction of sp³-hybridized carbons (Fsp3) is 0.200. The van der Waals surface area contributed by atoms with E-state index >= 15 is 0 Å². The van der Waals surface area contributed by atoms with Crippen LogP contribution >= 0.6 is 15.9 Å². The van der Waals surface area contributed by atoms with Crippen molar-refractivity contribution in [2.45, 2.75) is 20.4 Å². The van der Waals surface area contributed by atoms with Crippen molar-refractivity contribution in [3.05, 3.63) is 40.6 Å². The number of benzene rings is 1. The van der Waals surface area contributed by atoms with Crippen molar-refractivity contribution in [3.63, 3.8) is 0 Å². The molecule has 21 heavy (non-hydrogen) atoms. The molecule has 2 heterocycles. The lowest BCUT2D eigenvalue weighted by molar-refractivity contribution is -0.693. The fourth-order valence-corrected chi connectivity index (χ4v) is 2.76. The van der Waals surface area contributed by atoms with Gasteiger partial charge in [0.15, 0.2) is 18.0 Å². The molecular formula is C15H15BrIN3O. The van der Waals surface area contributed by atoms with E-state index in [4.69, 9.17) is 10.2 Å². The number of aryl methyl sites for hydroxylation is 2. The Morgan fingerprint density at radius 2 is 2.05 bits per heavy atom. The van der Waals surface area contributed by atoms with Crippen LogP contribution in [0.15, 0.2) is 39.5 Å². The summed E-state index contributed by atoms with van der Waals surface area (Å²) in [6.45, 7) is 4.95. The van der Waals surface area contributed by atoms with Gasteiger partial charge in [-0.25, -0.2) is 9.55 Å². The second-order valence-corrected chi connectivity index (χ2v) is 5.69. The standard InChI is InChI=1S/C15H15BrN3O.HI/c1-3-19-7-10(5-11(16)8-19)15-18-13-6-12(17)4-9(2)14(13)20-15;/h4-8H,3,17H2,1-2H3;1H/q+1;/p-1. The lowest BCUT2D eigenvalue weighted by Crippen LogP contribution is -3.00. The van der Waals surface area contributed by atoms with E-state index in [2.05, 4.69) is 32.4 Å². The molecule has 0 saturated carbocycles. The largest absolute Gasteiger partial charge is 1.00 e. The third-order valence-electron chi connectivity index (χ3n) is 3.20. The van der Waals surface area contributed by atoms with Crippen LogP contribution in [0.2, 0.25) is 0 Å². The number of fused-ring (bicyclic) bond motifs is 1. The van der Waals surface area contributed by atoms with Crippen LogP contribution in [0, 0.1) is 6.92 Å². The molecular weight excluding hydrogens is 445 g/mol. The Morgan fingerprint density at radius 1 is 1.29 bits per heavy atom. The van der Waals surface area contributed by atoms with Crippen LogP contribution in [0.5, 0.6) is 0 Å². The lowest BCUT2D eigenvalue weighted by atomic mass is 10.2. The molecule has 3 aromatic rings. The molecule has 3 rings (SSSR count). The summed E-state index contributed by atoms with van der Waals surface area (Å²) in [5.74, 6) is 0.609. The molecule has 0 bridgehead atoms. The Bertz CT molecular complexity index is 801. The van der Waals surface area contributed by atoms with E-state index in [0.717, 1.165) is 33.2 Å². The number of oxazole rings is 1. The summed E-state index contributed by atoms with van der Waals surface area (Å²) in [7, 11) is 0. The molecule has 2 N–H and O–H groups in total. The maximum atomic E-state index is 5.89. The van der Waals surface area contributed by atoms with E-state index in [0.29, 0.717) is 11.6 Å². The zero-order valence-electron chi connectivity index (χ0n) is 11.7. The van der Waals surface area contributed by atoms with Gasteiger partial charge in [-0.1, -0.05) is 0 Å². The number of hydrogen-bond donors (Lipinski definition) is 1. The van der Waals surface area contributed by atoms with E-state index in [1.54, 1.807) is 0 Å². The smallest absolute Gasteiger partial charge is 0.233 e. The molecule has 0 amide bonds. The van der Waals surface area contributed by atoms with Gasteiger partial charge < -0.3 is 34.1 Å². The topological polar surface area (TPSA) is 55.9 Å². The lowest BCUT2D eigenvalue weighted by Gasteiger charge is -1.97. The van der Waals surface area contributed by atoms with Crippen molar-refractivity contribution >= 4 is 32.7 Å². The van der Waals surface area contributed by atoms with Crippen molar-refractivity contribution in [1.82, 2.24) is 4.98 Å². The van der Waals surface area contributed by atoms with Gasteiger partial charge in [0.1, 0.15) is 17.6 Å². The Kier molecular flexibility index (Phi) is 4.88. The van der Waals surface area contributed by atoms with Crippen LogP contribution in [0.4, 0.5) is 5.69 Å². The summed E-state index contributed by atoms with van der Waals surface area (Å²) >= 11 is 3.51. The molecule has 0 fully saturated rings. The molecule has 0 aliphatic heterocycles. The van der Waals surface area contributed by atoms with E-state index < -0.39 is 0 Å². The molecule has 110 valence electrons. The number of halogens is 2. The fourth-order valence-electron chi connectivity index (χ4n) is 2.25. The highest BCUT2D eigenvalue weighted by atomic mass is 127. The molecule has 0 saturated heterocycles. The predicted octanol–water partition coefficient (Wildman–Crippen LogP) is 0.459. The van der Waals surface area contributed by atoms with E-state index in [-0.39, 0.29) is 24.0 Å². The number of rotatable bonds is 2. The van der Waals surface area contributed by atoms with Crippen LogP contribution < -0.4 is 34.3 Å². The number of anilines is 1. The van der Waals surface area contributed by atoms with Crippen molar-refractivity contribution in [1.29, 1.82) is 0 Å². The van der Waals surface area contributed by atoms with Gasteiger partial charge in [-0.15, -0.1) is 0 Å². The minimum absolute atomic E-state index is 0. The second kappa shape index (κ2) is 6.31. The first kappa shape index (κ1) is 16.2. The summed E-state index contributed by atoms with van der Waals surface area (Å²) < 4.78 is 8.97. The Morgan fingerprint density at radius 3 is 2.76 bits per heavy atom. The van der Waals surface area contributed by atoms with E-state index in [1.165, 1.54) is 0 Å². The first-order valence-corrected chi connectivity index (χ1v) is 7.23. The van der Waals surface area contributed by atoms with Crippen molar-refractivity contribution in [2.24, 2.45) is 0 Å². The quantitative estimate of drug-likeness (QED) is 0.344. The molecule has 0 unspecified atom stereocenters. The van der Waals surface area contributed by atoms with Crippen LogP contribution in [0.25, 0.3) is 22.6 Å². The summed E-state index contributed by atoms with van der Waals surface area (Å²) in [6, 6.07) is 5.72. The van der Waals surface area contributed by atoms with Crippen molar-refractivity contribution in [3.8, 4) is 11.5 Å². The Balaban J connectivity index is 0.00000161. The molecule has 0 aliphatic carbocycles. The van der Waals surface area contributed by atoms with E-state index in [9.17, 15) is 0 Å². The van der Waals surface area contributed by atoms with Crippen LogP contribution in [-0.4, -0.2) is 4.98 Å². The highest BCUT2D eigenvalue weighted by Crippen LogP contribution is 2.28. The maximum absolute atomic E-state index is 5.89. The molecule has 1 aromatic carbocycles. The minimum Gasteiger partial charge on any atom is -1.00 e. The van der Waals surface area contributed by atoms with Gasteiger partial charge in [0, 0.05) is 5.69 Å². The number of aromatic nitrogens is 2. The molecule has 0 spiro atoms. The second-order valence-electron chi connectivity index (χ2n) is 4.78. The molecule has 2 aromatic heterocycles. The first-order valence-electron chi connectivity index (χ1n) is 6.43. The van der Waals surface area contributed by atoms with Gasteiger partial charge in [0.05, 0.1) is 4.47 Å². The number of nitrogen functional groups attached to an aromatic ring is 1. The highest BCUT2D eigenvalue weighted by Gasteiger charge is 2.14. The number of hydrogen-bond acceptors (Lipinski definition) is 3. The first-order chi connectivity index (χ1) is 9.56. The summed E-state index contributed by atoms with van der Waals surface area (Å²) in [5.41, 5.74) is 10.1. The molecule has 0 aliphatic rings. The van der Waals surface area contributed by atoms with Gasteiger partial charge in [-0.05, 0) is 53.5 Å². The van der Waals surface area contributed by atoms with Gasteiger partial charge in [0.25, 0.3) is 0 Å². The summed E-state index contributed by atoms with van der Waals surface area (Å²) in [6.07, 6.45) is 4.05. The number of pyridine rings is 1. The third-order valence-corrected chi connectivity index (χ3v) is 3.63. The molecule has 4 nitrogen and oxygen atoms in total. The van der Waals surface area contributed by atoms with E-state index in [1.807, 2.05) is 37.5 Å². The maximum Gasteiger partial charge on any atom is 0.233 e. The van der Waals surface area contributed by atoms with Crippen molar-refractivity contribution < 1.29 is 33.0 Å². The predicted molar refractivity (Wildman–Crippen MR) is 82.2 cm³/mol. The normalized spacial score (nSPS) is 10.6. The van der Waals surface area contributed by atoms with Gasteiger partial charge >= 0.3 is 0 Å². The molecule has 0 radical (unpaired) electrons. The third kappa shape index (κ3) is 3.21. The van der Waals surface area contributed by atoms with Crippen molar-refractivity contribution in [2.75, 3.05) is 5.73 Å². The monoisotopic (exact) mass is 459 g/mol. The van der Waals surface area contributed by atoms with Crippen LogP contribution in [0.3, 0.4) is 0 Å². The Hall–Kier alpha value is -1.15. The van der Waals surface area contributed by atoms with Gasteiger partial charge in [0.2, 0.25) is 5.89 Å². The SMILES string of the molecule is CC[n+]1cc(Br)cc(-c2nc3cc(N)cc(C)c3o2)c1.[I-]. The van der Waals surface area contributed by atoms with Crippen LogP contribution in [-0.2, 0) is 6.54 Å². The number of nitrogens with two attached hydrogens (primary N) is 1. The number of nitrogens with zero attached hydrogens (tertiary/aromatic N) is 2. The molecule has 6 heteroatoms.